The fourth-order valence-corrected chi connectivity index (χ4v) is 1.90. The van der Waals surface area contributed by atoms with Gasteiger partial charge in [-0.25, -0.2) is 9.38 Å². The maximum Gasteiger partial charge on any atom is 0.243 e. The third-order valence-electron chi connectivity index (χ3n) is 3.38. The van der Waals surface area contributed by atoms with E-state index in [0.717, 1.165) is 19.4 Å². The zero-order chi connectivity index (χ0) is 18.7. The first-order valence-electron chi connectivity index (χ1n) is 8.57. The molecule has 1 aromatic rings. The molecule has 0 fully saturated rings. The number of guanidine groups is 1. The summed E-state index contributed by atoms with van der Waals surface area (Å²) in [4.78, 5) is 17.5. The van der Waals surface area contributed by atoms with Crippen molar-refractivity contribution in [1.29, 1.82) is 0 Å². The fraction of sp³-hybridized carbons (Fsp3) is 0.556. The van der Waals surface area contributed by atoms with E-state index < -0.39 is 0 Å². The predicted molar refractivity (Wildman–Crippen MR) is 114 cm³/mol. The second-order valence-electron chi connectivity index (χ2n) is 6.00. The van der Waals surface area contributed by atoms with Crippen LogP contribution in [0.2, 0.25) is 0 Å². The standard InChI is InChI=1S/C18H29FN4O2.HI/c1-5-6-10-20-18(22-13-17(24)23(3)4)21-12-14(2)25-16-9-7-8-15(19)11-16;/h7-9,11,14H,5-6,10,12-13H2,1-4H3,(H2,20,21,22);1H. The Kier molecular flexibility index (Phi) is 12.8. The fourth-order valence-electron chi connectivity index (χ4n) is 1.90. The van der Waals surface area contributed by atoms with Crippen LogP contribution in [-0.2, 0) is 4.79 Å². The predicted octanol–water partition coefficient (Wildman–Crippen LogP) is 2.63. The number of hydrogen-bond acceptors (Lipinski definition) is 3. The molecular formula is C18H30FIN4O2. The molecule has 1 atom stereocenters. The van der Waals surface area contributed by atoms with Gasteiger partial charge < -0.3 is 20.3 Å². The molecule has 1 amide bonds. The summed E-state index contributed by atoms with van der Waals surface area (Å²) in [6.07, 6.45) is 1.89. The average Bonchev–Trinajstić information content (AvgIpc) is 2.56. The number of unbranched alkanes of at least 4 members (excludes halogenated alkanes) is 1. The molecule has 1 rings (SSSR count). The maximum absolute atomic E-state index is 13.2. The highest BCUT2D eigenvalue weighted by molar-refractivity contribution is 14.0. The summed E-state index contributed by atoms with van der Waals surface area (Å²) in [7, 11) is 3.40. The first kappa shape index (κ1) is 24.4. The quantitative estimate of drug-likeness (QED) is 0.247. The summed E-state index contributed by atoms with van der Waals surface area (Å²) >= 11 is 0. The minimum Gasteiger partial charge on any atom is -0.489 e. The van der Waals surface area contributed by atoms with Gasteiger partial charge in [0.05, 0.1) is 6.54 Å². The Labute approximate surface area is 172 Å². The molecule has 0 radical (unpaired) electrons. The Balaban J connectivity index is 0.00000625. The van der Waals surface area contributed by atoms with Crippen LogP contribution in [0.25, 0.3) is 0 Å². The van der Waals surface area contributed by atoms with Crippen molar-refractivity contribution in [2.24, 2.45) is 4.99 Å². The summed E-state index contributed by atoms with van der Waals surface area (Å²) in [5, 5.41) is 6.35. The highest BCUT2D eigenvalue weighted by atomic mass is 127. The summed E-state index contributed by atoms with van der Waals surface area (Å²) in [6.45, 7) is 5.32. The lowest BCUT2D eigenvalue weighted by molar-refractivity contribution is -0.127. The molecule has 0 aliphatic carbocycles. The Morgan fingerprint density at radius 3 is 2.69 bits per heavy atom. The van der Waals surface area contributed by atoms with Crippen LogP contribution in [0.3, 0.4) is 0 Å². The van der Waals surface area contributed by atoms with Gasteiger partial charge in [0, 0.05) is 26.7 Å². The molecule has 1 unspecified atom stereocenters. The van der Waals surface area contributed by atoms with E-state index in [2.05, 4.69) is 22.5 Å². The normalized spacial score (nSPS) is 12.0. The van der Waals surface area contributed by atoms with E-state index in [1.165, 1.54) is 17.0 Å². The van der Waals surface area contributed by atoms with Crippen molar-refractivity contribution < 1.29 is 13.9 Å². The molecule has 1 aromatic carbocycles. The smallest absolute Gasteiger partial charge is 0.243 e. The van der Waals surface area contributed by atoms with Crippen LogP contribution in [0, 0.1) is 5.82 Å². The number of carbonyl (C=O) groups is 1. The molecule has 0 saturated carbocycles. The van der Waals surface area contributed by atoms with Crippen molar-refractivity contribution >= 4 is 35.8 Å². The Morgan fingerprint density at radius 1 is 1.35 bits per heavy atom. The van der Waals surface area contributed by atoms with Crippen molar-refractivity contribution in [3.63, 3.8) is 0 Å². The van der Waals surface area contributed by atoms with Gasteiger partial charge >= 0.3 is 0 Å². The number of carbonyl (C=O) groups excluding carboxylic acids is 1. The number of amides is 1. The van der Waals surface area contributed by atoms with Crippen LogP contribution in [0.1, 0.15) is 26.7 Å². The van der Waals surface area contributed by atoms with E-state index in [0.29, 0.717) is 18.3 Å². The Bertz CT molecular complexity index is 570. The summed E-state index contributed by atoms with van der Waals surface area (Å²) < 4.78 is 18.9. The van der Waals surface area contributed by atoms with E-state index >= 15 is 0 Å². The topological polar surface area (TPSA) is 66.0 Å². The molecule has 0 aromatic heterocycles. The number of ether oxygens (including phenoxy) is 1. The van der Waals surface area contributed by atoms with E-state index in [-0.39, 0.29) is 48.3 Å². The Morgan fingerprint density at radius 2 is 2.08 bits per heavy atom. The Hall–Kier alpha value is -1.58. The van der Waals surface area contributed by atoms with Gasteiger partial charge in [0.1, 0.15) is 24.2 Å². The molecule has 0 saturated heterocycles. The van der Waals surface area contributed by atoms with Gasteiger partial charge in [-0.1, -0.05) is 19.4 Å². The lowest BCUT2D eigenvalue weighted by atomic mass is 10.3. The van der Waals surface area contributed by atoms with Crippen molar-refractivity contribution in [3.05, 3.63) is 30.1 Å². The number of aliphatic imine (C=N–C) groups is 1. The second-order valence-corrected chi connectivity index (χ2v) is 6.00. The van der Waals surface area contributed by atoms with E-state index in [1.807, 2.05) is 6.92 Å². The zero-order valence-electron chi connectivity index (χ0n) is 15.9. The number of hydrogen-bond donors (Lipinski definition) is 2. The highest BCUT2D eigenvalue weighted by Crippen LogP contribution is 2.13. The molecule has 0 bridgehead atoms. The summed E-state index contributed by atoms with van der Waals surface area (Å²) in [6, 6.07) is 6.04. The van der Waals surface area contributed by atoms with Crippen molar-refractivity contribution in [2.75, 3.05) is 33.7 Å². The molecular weight excluding hydrogens is 450 g/mol. The molecule has 2 N–H and O–H groups in total. The van der Waals surface area contributed by atoms with E-state index in [9.17, 15) is 9.18 Å². The maximum atomic E-state index is 13.2. The first-order valence-corrected chi connectivity index (χ1v) is 8.57. The minimum absolute atomic E-state index is 0. The van der Waals surface area contributed by atoms with Crippen LogP contribution >= 0.6 is 24.0 Å². The van der Waals surface area contributed by atoms with Gasteiger partial charge in [0.2, 0.25) is 5.91 Å². The molecule has 0 spiro atoms. The molecule has 6 nitrogen and oxygen atoms in total. The monoisotopic (exact) mass is 480 g/mol. The zero-order valence-corrected chi connectivity index (χ0v) is 18.2. The van der Waals surface area contributed by atoms with Crippen LogP contribution in [0.4, 0.5) is 4.39 Å². The van der Waals surface area contributed by atoms with Crippen LogP contribution < -0.4 is 15.4 Å². The third kappa shape index (κ3) is 10.4. The summed E-state index contributed by atoms with van der Waals surface area (Å²) in [5.74, 6) is 0.650. The molecule has 0 aliphatic heterocycles. The van der Waals surface area contributed by atoms with Gasteiger partial charge in [-0.15, -0.1) is 24.0 Å². The average molecular weight is 480 g/mol. The summed E-state index contributed by atoms with van der Waals surface area (Å²) in [5.41, 5.74) is 0. The van der Waals surface area contributed by atoms with Crippen LogP contribution in [0.15, 0.2) is 29.3 Å². The van der Waals surface area contributed by atoms with Gasteiger partial charge in [-0.05, 0) is 25.5 Å². The number of rotatable bonds is 9. The lowest BCUT2D eigenvalue weighted by Crippen LogP contribution is -2.42. The number of benzene rings is 1. The van der Waals surface area contributed by atoms with Gasteiger partial charge in [-0.2, -0.15) is 0 Å². The van der Waals surface area contributed by atoms with Gasteiger partial charge in [0.15, 0.2) is 5.96 Å². The first-order chi connectivity index (χ1) is 11.9. The number of halogens is 2. The molecule has 148 valence electrons. The molecule has 26 heavy (non-hydrogen) atoms. The molecule has 0 heterocycles. The number of nitrogens with zero attached hydrogens (tertiary/aromatic N) is 2. The SMILES string of the molecule is CCCCNC(=NCC(=O)N(C)C)NCC(C)Oc1cccc(F)c1.I. The van der Waals surface area contributed by atoms with E-state index in [1.54, 1.807) is 26.2 Å². The van der Waals surface area contributed by atoms with E-state index in [4.69, 9.17) is 4.74 Å². The number of likely N-dealkylation sites (N-methyl/N-ethyl adjacent to an activating group) is 1. The third-order valence-corrected chi connectivity index (χ3v) is 3.38. The lowest BCUT2D eigenvalue weighted by Gasteiger charge is -2.18. The van der Waals surface area contributed by atoms with Gasteiger partial charge in [0.25, 0.3) is 0 Å². The van der Waals surface area contributed by atoms with Crippen molar-refractivity contribution in [2.45, 2.75) is 32.8 Å². The second kappa shape index (κ2) is 13.6. The van der Waals surface area contributed by atoms with Crippen molar-refractivity contribution in [3.8, 4) is 5.75 Å². The molecule has 0 aliphatic rings. The number of nitrogens with one attached hydrogen (secondary N) is 2. The van der Waals surface area contributed by atoms with Crippen molar-refractivity contribution in [1.82, 2.24) is 15.5 Å². The minimum atomic E-state index is -0.330. The van der Waals surface area contributed by atoms with Crippen LogP contribution in [-0.4, -0.2) is 56.6 Å². The molecule has 8 heteroatoms. The van der Waals surface area contributed by atoms with Crippen LogP contribution in [0.5, 0.6) is 5.75 Å². The largest absolute Gasteiger partial charge is 0.489 e. The van der Waals surface area contributed by atoms with Gasteiger partial charge in [-0.3, -0.25) is 4.79 Å². The highest BCUT2D eigenvalue weighted by Gasteiger charge is 2.08.